The number of aromatic nitrogens is 2. The molecule has 2 heterocycles. The third-order valence-corrected chi connectivity index (χ3v) is 5.37. The summed E-state index contributed by atoms with van der Waals surface area (Å²) in [7, 11) is 1.61. The van der Waals surface area contributed by atoms with Gasteiger partial charge in [0.15, 0.2) is 0 Å². The van der Waals surface area contributed by atoms with Crippen molar-refractivity contribution in [1.82, 2.24) is 10.2 Å². The second-order valence-corrected chi connectivity index (χ2v) is 7.51. The van der Waals surface area contributed by atoms with Gasteiger partial charge in [-0.15, -0.1) is 5.10 Å². The predicted octanol–water partition coefficient (Wildman–Crippen LogP) is 4.46. The number of fused-ring (bicyclic) bond motifs is 1. The van der Waals surface area contributed by atoms with E-state index in [2.05, 4.69) is 32.2 Å². The highest BCUT2D eigenvalue weighted by Crippen LogP contribution is 2.48. The number of rotatable bonds is 5. The van der Waals surface area contributed by atoms with Gasteiger partial charge in [0.2, 0.25) is 11.8 Å². The van der Waals surface area contributed by atoms with Crippen molar-refractivity contribution >= 4 is 15.9 Å². The minimum Gasteiger partial charge on any atom is -0.497 e. The van der Waals surface area contributed by atoms with Crippen LogP contribution in [0.15, 0.2) is 58.4 Å². The first-order valence-corrected chi connectivity index (χ1v) is 10.1. The maximum absolute atomic E-state index is 9.92. The summed E-state index contributed by atoms with van der Waals surface area (Å²) in [5.41, 5.74) is 9.47. The minimum absolute atomic E-state index is 0.0288. The fraction of sp³-hybridized carbons (Fsp3) is 0.182. The van der Waals surface area contributed by atoms with Crippen molar-refractivity contribution in [2.45, 2.75) is 12.8 Å². The van der Waals surface area contributed by atoms with E-state index in [0.717, 1.165) is 21.3 Å². The third-order valence-electron chi connectivity index (χ3n) is 4.88. The van der Waals surface area contributed by atoms with Gasteiger partial charge in [0.05, 0.1) is 30.9 Å². The number of halogens is 1. The summed E-state index contributed by atoms with van der Waals surface area (Å²) < 4.78 is 17.8. The largest absolute Gasteiger partial charge is 0.497 e. The van der Waals surface area contributed by atoms with Crippen LogP contribution in [0.5, 0.6) is 17.4 Å². The molecule has 0 saturated carbocycles. The van der Waals surface area contributed by atoms with Crippen molar-refractivity contribution in [2.75, 3.05) is 13.7 Å². The number of hydrogen-bond donors (Lipinski definition) is 2. The average molecular weight is 467 g/mol. The highest BCUT2D eigenvalue weighted by atomic mass is 79.9. The molecule has 3 N–H and O–H groups in total. The van der Waals surface area contributed by atoms with E-state index < -0.39 is 5.92 Å². The number of aromatic amines is 1. The van der Waals surface area contributed by atoms with E-state index in [0.29, 0.717) is 35.1 Å². The molecule has 3 aromatic rings. The molecule has 0 saturated heterocycles. The van der Waals surface area contributed by atoms with Crippen molar-refractivity contribution in [3.63, 3.8) is 0 Å². The zero-order valence-electron chi connectivity index (χ0n) is 16.4. The molecule has 0 amide bonds. The topological polar surface area (TPSA) is 106 Å². The molecule has 152 valence electrons. The Bertz CT molecular complexity index is 1180. The number of nitrogens with zero attached hydrogens (tertiary/aromatic N) is 2. The van der Waals surface area contributed by atoms with Gasteiger partial charge >= 0.3 is 0 Å². The van der Waals surface area contributed by atoms with Crippen molar-refractivity contribution < 1.29 is 14.2 Å². The highest BCUT2D eigenvalue weighted by molar-refractivity contribution is 9.10. The van der Waals surface area contributed by atoms with Gasteiger partial charge < -0.3 is 19.9 Å². The number of nitrogens with two attached hydrogens (primary N) is 1. The molecule has 1 unspecified atom stereocenters. The number of H-pyrrole nitrogens is 1. The maximum Gasteiger partial charge on any atom is 0.244 e. The van der Waals surface area contributed by atoms with Crippen molar-refractivity contribution in [2.24, 2.45) is 5.73 Å². The Hall–Kier alpha value is -3.44. The van der Waals surface area contributed by atoms with Crippen LogP contribution < -0.4 is 19.9 Å². The Morgan fingerprint density at radius 3 is 2.87 bits per heavy atom. The van der Waals surface area contributed by atoms with E-state index in [4.69, 9.17) is 19.9 Å². The number of hydrogen-bond acceptors (Lipinski definition) is 6. The monoisotopic (exact) mass is 466 g/mol. The number of ether oxygens (including phenoxy) is 3. The van der Waals surface area contributed by atoms with Gasteiger partial charge in [0.1, 0.15) is 23.1 Å². The molecule has 1 aliphatic heterocycles. The molecule has 0 spiro atoms. The van der Waals surface area contributed by atoms with E-state index in [1.54, 1.807) is 7.11 Å². The molecule has 7 nitrogen and oxygen atoms in total. The summed E-state index contributed by atoms with van der Waals surface area (Å²) in [4.78, 5) is 0. The summed E-state index contributed by atoms with van der Waals surface area (Å²) >= 11 is 3.53. The van der Waals surface area contributed by atoms with E-state index in [9.17, 15) is 5.26 Å². The molecule has 0 bridgehead atoms. The van der Waals surface area contributed by atoms with Crippen LogP contribution in [0.25, 0.3) is 11.3 Å². The lowest BCUT2D eigenvalue weighted by Gasteiger charge is -2.26. The van der Waals surface area contributed by atoms with Gasteiger partial charge in [-0.2, -0.15) is 5.26 Å². The first kappa shape index (κ1) is 19.9. The van der Waals surface area contributed by atoms with Crippen LogP contribution in [0, 0.1) is 11.3 Å². The van der Waals surface area contributed by atoms with Crippen LogP contribution in [0.2, 0.25) is 0 Å². The first-order valence-electron chi connectivity index (χ1n) is 9.29. The third kappa shape index (κ3) is 3.37. The Balaban J connectivity index is 1.97. The van der Waals surface area contributed by atoms with E-state index in [1.807, 2.05) is 49.4 Å². The second kappa shape index (κ2) is 8.13. The van der Waals surface area contributed by atoms with Crippen LogP contribution in [-0.4, -0.2) is 23.9 Å². The lowest BCUT2D eigenvalue weighted by atomic mass is 9.82. The van der Waals surface area contributed by atoms with Crippen molar-refractivity contribution in [3.05, 3.63) is 69.5 Å². The molecule has 30 heavy (non-hydrogen) atoms. The molecule has 8 heteroatoms. The summed E-state index contributed by atoms with van der Waals surface area (Å²) in [6.45, 7) is 2.40. The van der Waals surface area contributed by atoms with Gasteiger partial charge in [0.25, 0.3) is 0 Å². The molecular formula is C22H19BrN4O3. The molecular weight excluding hydrogens is 448 g/mol. The van der Waals surface area contributed by atoms with Crippen molar-refractivity contribution in [1.29, 1.82) is 5.26 Å². The highest BCUT2D eigenvalue weighted by Gasteiger charge is 2.37. The number of nitriles is 1. The summed E-state index contributed by atoms with van der Waals surface area (Å²) in [5, 5.41) is 17.3. The first-order chi connectivity index (χ1) is 14.6. The van der Waals surface area contributed by atoms with Gasteiger partial charge in [-0.3, -0.25) is 5.10 Å². The Morgan fingerprint density at radius 1 is 1.30 bits per heavy atom. The van der Waals surface area contributed by atoms with Crippen molar-refractivity contribution in [3.8, 4) is 34.7 Å². The lowest BCUT2D eigenvalue weighted by Crippen LogP contribution is -2.21. The predicted molar refractivity (Wildman–Crippen MR) is 115 cm³/mol. The Labute approximate surface area is 182 Å². The van der Waals surface area contributed by atoms with E-state index >= 15 is 0 Å². The fourth-order valence-electron chi connectivity index (χ4n) is 3.59. The van der Waals surface area contributed by atoms with Crippen LogP contribution in [0.4, 0.5) is 0 Å². The summed E-state index contributed by atoms with van der Waals surface area (Å²) in [6, 6.07) is 15.5. The zero-order valence-corrected chi connectivity index (χ0v) is 18.0. The maximum atomic E-state index is 9.92. The van der Waals surface area contributed by atoms with Gasteiger partial charge in [-0.05, 0) is 37.3 Å². The Kier molecular flexibility index (Phi) is 5.38. The minimum atomic E-state index is -0.516. The molecule has 1 atom stereocenters. The molecule has 1 aliphatic rings. The molecule has 0 aliphatic carbocycles. The molecule has 1 aromatic heterocycles. The number of benzene rings is 2. The van der Waals surface area contributed by atoms with E-state index in [1.165, 1.54) is 0 Å². The fourth-order valence-corrected chi connectivity index (χ4v) is 3.97. The standard InChI is InChI=1S/C22H19BrN4O3/c1-3-29-17-8-7-13(23)10-15(17)18-16(11-24)21(25)30-22-19(18)20(26-27-22)12-5-4-6-14(9-12)28-2/h4-10,18H,3,25H2,1-2H3,(H,26,27). The van der Waals surface area contributed by atoms with Crippen LogP contribution >= 0.6 is 15.9 Å². The van der Waals surface area contributed by atoms with E-state index in [-0.39, 0.29) is 5.88 Å². The number of methoxy groups -OCH3 is 1. The van der Waals surface area contributed by atoms with Gasteiger partial charge in [-0.25, -0.2) is 0 Å². The second-order valence-electron chi connectivity index (χ2n) is 6.59. The molecule has 4 rings (SSSR count). The van der Waals surface area contributed by atoms with Gasteiger partial charge in [0, 0.05) is 15.6 Å². The molecule has 2 aromatic carbocycles. The van der Waals surface area contributed by atoms with Gasteiger partial charge in [-0.1, -0.05) is 28.1 Å². The lowest BCUT2D eigenvalue weighted by molar-refractivity contribution is 0.334. The summed E-state index contributed by atoms with van der Waals surface area (Å²) in [5.74, 6) is 1.21. The molecule has 0 radical (unpaired) electrons. The Morgan fingerprint density at radius 2 is 2.13 bits per heavy atom. The van der Waals surface area contributed by atoms with Crippen LogP contribution in [0.3, 0.4) is 0 Å². The quantitative estimate of drug-likeness (QED) is 0.574. The normalized spacial score (nSPS) is 15.2. The zero-order chi connectivity index (χ0) is 21.3. The number of allylic oxidation sites excluding steroid dienone is 1. The summed E-state index contributed by atoms with van der Waals surface area (Å²) in [6.07, 6.45) is 0. The SMILES string of the molecule is CCOc1ccc(Br)cc1C1C(C#N)=C(N)Oc2n[nH]c(-c3cccc(OC)c3)c21. The average Bonchev–Trinajstić information content (AvgIpc) is 3.17. The molecule has 0 fully saturated rings. The van der Waals surface area contributed by atoms with Crippen LogP contribution in [0.1, 0.15) is 24.0 Å². The number of nitrogens with one attached hydrogen (secondary N) is 1. The smallest absolute Gasteiger partial charge is 0.244 e. The van der Waals surface area contributed by atoms with Crippen LogP contribution in [-0.2, 0) is 0 Å².